The van der Waals surface area contributed by atoms with Crippen molar-refractivity contribution in [2.24, 2.45) is 0 Å². The van der Waals surface area contributed by atoms with Crippen molar-refractivity contribution < 1.29 is 0 Å². The van der Waals surface area contributed by atoms with Crippen LogP contribution in [-0.4, -0.2) is 20.6 Å². The molecule has 52 heavy (non-hydrogen) atoms. The molecule has 0 fully saturated rings. The fourth-order valence-corrected chi connectivity index (χ4v) is 9.36. The van der Waals surface area contributed by atoms with Gasteiger partial charge in [-0.3, -0.25) is 0 Å². The lowest BCUT2D eigenvalue weighted by Crippen LogP contribution is -2.32. The van der Waals surface area contributed by atoms with E-state index in [4.69, 9.17) is 9.97 Å². The summed E-state index contributed by atoms with van der Waals surface area (Å²) in [4.78, 5) is 13.5. The van der Waals surface area contributed by atoms with Crippen LogP contribution in [-0.2, 0) is 0 Å². The Morgan fingerprint density at radius 2 is 1.17 bits per heavy atom. The average Bonchev–Trinajstić information content (AvgIpc) is 3.69. The first kappa shape index (κ1) is 28.0. The molecule has 4 nitrogen and oxygen atoms in total. The minimum Gasteiger partial charge on any atom is -0.316 e. The molecule has 1 aliphatic heterocycles. The van der Waals surface area contributed by atoms with E-state index in [0.29, 0.717) is 0 Å². The Hall–Kier alpha value is -6.78. The van der Waals surface area contributed by atoms with Gasteiger partial charge in [-0.15, -0.1) is 0 Å². The summed E-state index contributed by atoms with van der Waals surface area (Å²) in [6.07, 6.45) is 4.72. The van der Waals surface area contributed by atoms with E-state index >= 15 is 0 Å². The summed E-state index contributed by atoms with van der Waals surface area (Å²) in [5, 5.41) is 2.45. The summed E-state index contributed by atoms with van der Waals surface area (Å²) in [7, 11) is 0. The Morgan fingerprint density at radius 3 is 2.02 bits per heavy atom. The minimum atomic E-state index is 0.0350. The van der Waals surface area contributed by atoms with Crippen LogP contribution in [0.5, 0.6) is 0 Å². The molecule has 3 aliphatic rings. The zero-order chi connectivity index (χ0) is 33.9. The van der Waals surface area contributed by atoms with Crippen molar-refractivity contribution in [1.29, 1.82) is 0 Å². The van der Waals surface area contributed by atoms with E-state index in [-0.39, 0.29) is 12.0 Å². The zero-order valence-corrected chi connectivity index (χ0v) is 28.1. The van der Waals surface area contributed by atoms with Crippen LogP contribution < -0.4 is 4.90 Å². The van der Waals surface area contributed by atoms with Gasteiger partial charge in [-0.25, -0.2) is 9.97 Å². The molecule has 7 aromatic carbocycles. The van der Waals surface area contributed by atoms with E-state index in [1.165, 1.54) is 60.9 Å². The monoisotopic (exact) mass is 662 g/mol. The normalized spacial score (nSPS) is 16.3. The molecule has 2 aromatic heterocycles. The number of hydrogen-bond donors (Lipinski definition) is 0. The van der Waals surface area contributed by atoms with Crippen LogP contribution in [0, 0.1) is 0 Å². The Labute approximate surface area is 300 Å². The molecular formula is C48H30N4. The predicted molar refractivity (Wildman–Crippen MR) is 213 cm³/mol. The Bertz CT molecular complexity index is 2990. The number of hydrogen-bond acceptors (Lipinski definition) is 3. The summed E-state index contributed by atoms with van der Waals surface area (Å²) in [5.74, 6) is 1.03. The summed E-state index contributed by atoms with van der Waals surface area (Å²) in [6, 6.07) is 57.0. The van der Waals surface area contributed by atoms with Crippen molar-refractivity contribution in [3.05, 3.63) is 180 Å². The SMILES string of the molecule is C1=CC2C3c4c1cccc4-c1ccccc1-c1cccc(c13)N2c1nc2ccccc2nc1-c1ccc2c3ccccc3n(-c3ccccc3)c2c1. The summed E-state index contributed by atoms with van der Waals surface area (Å²) >= 11 is 0. The highest BCUT2D eigenvalue weighted by atomic mass is 15.3. The second-order valence-electron chi connectivity index (χ2n) is 14.1. The van der Waals surface area contributed by atoms with Crippen molar-refractivity contribution in [2.75, 3.05) is 4.90 Å². The highest BCUT2D eigenvalue weighted by Gasteiger charge is 2.46. The molecule has 3 heterocycles. The third-order valence-electron chi connectivity index (χ3n) is 11.5. The van der Waals surface area contributed by atoms with Crippen LogP contribution in [0.15, 0.2) is 164 Å². The van der Waals surface area contributed by atoms with Crippen LogP contribution >= 0.6 is 0 Å². The molecule has 4 heteroatoms. The van der Waals surface area contributed by atoms with Crippen LogP contribution in [0.25, 0.3) is 78.1 Å². The quantitative estimate of drug-likeness (QED) is 0.189. The van der Waals surface area contributed by atoms with Gasteiger partial charge in [-0.1, -0.05) is 127 Å². The van der Waals surface area contributed by atoms with Gasteiger partial charge in [0, 0.05) is 33.6 Å². The lowest BCUT2D eigenvalue weighted by atomic mass is 9.78. The maximum Gasteiger partial charge on any atom is 0.160 e. The molecule has 12 rings (SSSR count). The van der Waals surface area contributed by atoms with Crippen LogP contribution in [0.3, 0.4) is 0 Å². The highest BCUT2D eigenvalue weighted by molar-refractivity contribution is 6.10. The Morgan fingerprint density at radius 1 is 0.500 bits per heavy atom. The molecule has 0 saturated carbocycles. The Kier molecular flexibility index (Phi) is 5.58. The number of benzene rings is 7. The first-order chi connectivity index (χ1) is 25.8. The maximum atomic E-state index is 5.52. The molecule has 2 unspecified atom stereocenters. The van der Waals surface area contributed by atoms with E-state index in [0.717, 1.165) is 39.3 Å². The first-order valence-corrected chi connectivity index (χ1v) is 18.0. The molecule has 9 aromatic rings. The zero-order valence-electron chi connectivity index (χ0n) is 28.1. The van der Waals surface area contributed by atoms with Gasteiger partial charge in [-0.05, 0) is 81.4 Å². The molecule has 0 radical (unpaired) electrons. The number of rotatable bonds is 3. The van der Waals surface area contributed by atoms with Crippen LogP contribution in [0.2, 0.25) is 0 Å². The Balaban J connectivity index is 1.15. The second-order valence-corrected chi connectivity index (χ2v) is 14.1. The van der Waals surface area contributed by atoms with Crippen molar-refractivity contribution in [3.63, 3.8) is 0 Å². The van der Waals surface area contributed by atoms with Gasteiger partial charge >= 0.3 is 0 Å². The van der Waals surface area contributed by atoms with Gasteiger partial charge in [-0.2, -0.15) is 0 Å². The smallest absolute Gasteiger partial charge is 0.160 e. The first-order valence-electron chi connectivity index (χ1n) is 18.0. The largest absolute Gasteiger partial charge is 0.316 e. The number of fused-ring (bicyclic) bond motifs is 7. The van der Waals surface area contributed by atoms with E-state index in [1.54, 1.807) is 0 Å². The van der Waals surface area contributed by atoms with E-state index in [2.05, 4.69) is 179 Å². The maximum absolute atomic E-state index is 5.52. The molecule has 2 atom stereocenters. The molecule has 0 bridgehead atoms. The fraction of sp³-hybridized carbons (Fsp3) is 0.0417. The number of para-hydroxylation sites is 4. The third-order valence-corrected chi connectivity index (χ3v) is 11.5. The molecule has 242 valence electrons. The topological polar surface area (TPSA) is 34.0 Å². The summed E-state index contributed by atoms with van der Waals surface area (Å²) in [6.45, 7) is 0. The summed E-state index contributed by atoms with van der Waals surface area (Å²) in [5.41, 5.74) is 17.6. The molecular weight excluding hydrogens is 633 g/mol. The van der Waals surface area contributed by atoms with E-state index < -0.39 is 0 Å². The minimum absolute atomic E-state index is 0.0350. The lowest BCUT2D eigenvalue weighted by Gasteiger charge is -2.32. The van der Waals surface area contributed by atoms with E-state index in [9.17, 15) is 0 Å². The van der Waals surface area contributed by atoms with Crippen molar-refractivity contribution in [2.45, 2.75) is 12.0 Å². The number of aromatic nitrogens is 3. The van der Waals surface area contributed by atoms with Gasteiger partial charge in [0.15, 0.2) is 5.82 Å². The third kappa shape index (κ3) is 3.70. The summed E-state index contributed by atoms with van der Waals surface area (Å²) < 4.78 is 2.38. The molecule has 0 saturated heterocycles. The lowest BCUT2D eigenvalue weighted by molar-refractivity contribution is 0.722. The van der Waals surface area contributed by atoms with Crippen molar-refractivity contribution in [1.82, 2.24) is 14.5 Å². The molecule has 0 amide bonds. The fourth-order valence-electron chi connectivity index (χ4n) is 9.36. The molecule has 2 aliphatic carbocycles. The molecule has 0 N–H and O–H groups in total. The van der Waals surface area contributed by atoms with Gasteiger partial charge in [0.25, 0.3) is 0 Å². The predicted octanol–water partition coefficient (Wildman–Crippen LogP) is 11.7. The highest BCUT2D eigenvalue weighted by Crippen LogP contribution is 2.59. The average molecular weight is 663 g/mol. The van der Waals surface area contributed by atoms with E-state index in [1.807, 2.05) is 0 Å². The number of nitrogens with zero attached hydrogens (tertiary/aromatic N) is 4. The van der Waals surface area contributed by atoms with Crippen LogP contribution in [0.1, 0.15) is 22.6 Å². The van der Waals surface area contributed by atoms with Crippen molar-refractivity contribution in [3.8, 4) is 39.2 Å². The van der Waals surface area contributed by atoms with Crippen molar-refractivity contribution >= 4 is 50.4 Å². The standard InChI is InChI=1S/C48H30N4/c1-2-13-31(14-3-1)51-40-22-9-6-17-34(40)35-26-24-30(28-43(35)51)47-48(50-39-21-8-7-20-38(39)49-47)52-41-23-11-19-37-33-16-5-4-15-32(33)36-18-10-12-29-25-27-42(52)46(44(29)36)45(37)41/h1-28,42,46H. The van der Waals surface area contributed by atoms with Gasteiger partial charge < -0.3 is 9.47 Å². The molecule has 0 spiro atoms. The van der Waals surface area contributed by atoms with Gasteiger partial charge in [0.1, 0.15) is 5.69 Å². The second kappa shape index (κ2) is 10.4. The number of anilines is 2. The van der Waals surface area contributed by atoms with Crippen LogP contribution in [0.4, 0.5) is 11.5 Å². The van der Waals surface area contributed by atoms with Gasteiger partial charge in [0.05, 0.1) is 28.1 Å². The van der Waals surface area contributed by atoms with Gasteiger partial charge in [0.2, 0.25) is 0 Å².